The maximum absolute atomic E-state index is 11.7. The van der Waals surface area contributed by atoms with E-state index in [1.807, 2.05) is 32.2 Å². The number of thiophene rings is 1. The van der Waals surface area contributed by atoms with Gasteiger partial charge in [-0.05, 0) is 32.2 Å². The van der Waals surface area contributed by atoms with Gasteiger partial charge in [-0.15, -0.1) is 11.3 Å². The van der Waals surface area contributed by atoms with E-state index in [9.17, 15) is 4.79 Å². The minimum absolute atomic E-state index is 0.207. The number of esters is 1. The van der Waals surface area contributed by atoms with Crippen LogP contribution in [0.15, 0.2) is 16.5 Å². The fourth-order valence-electron chi connectivity index (χ4n) is 1.45. The van der Waals surface area contributed by atoms with Crippen LogP contribution in [0.3, 0.4) is 0 Å². The zero-order valence-electron chi connectivity index (χ0n) is 11.0. The van der Waals surface area contributed by atoms with E-state index in [2.05, 4.69) is 9.97 Å². The van der Waals surface area contributed by atoms with Gasteiger partial charge in [0.1, 0.15) is 15.5 Å². The molecule has 0 saturated heterocycles. The molecule has 2 aromatic rings. The fourth-order valence-corrected chi connectivity index (χ4v) is 3.08. The van der Waals surface area contributed by atoms with E-state index in [-0.39, 0.29) is 17.7 Å². The molecule has 0 aliphatic carbocycles. The van der Waals surface area contributed by atoms with Crippen molar-refractivity contribution >= 4 is 45.2 Å². The Morgan fingerprint density at radius 2 is 2.21 bits per heavy atom. The number of nitrogen functional groups attached to an aromatic ring is 1. The first-order valence-corrected chi connectivity index (χ1v) is 7.57. The Labute approximate surface area is 119 Å². The predicted octanol–water partition coefficient (Wildman–Crippen LogP) is 2.71. The van der Waals surface area contributed by atoms with Gasteiger partial charge in [0, 0.05) is 5.39 Å². The van der Waals surface area contributed by atoms with E-state index >= 15 is 0 Å². The highest BCUT2D eigenvalue weighted by Gasteiger charge is 2.17. The monoisotopic (exact) mass is 297 g/mol. The molecular formula is C12H15N3O2S2. The van der Waals surface area contributed by atoms with Crippen molar-refractivity contribution in [2.45, 2.75) is 31.4 Å². The molecule has 5 nitrogen and oxygen atoms in total. The molecule has 19 heavy (non-hydrogen) atoms. The molecule has 102 valence electrons. The second-order valence-corrected chi connectivity index (χ2v) is 6.76. The third-order valence-electron chi connectivity index (χ3n) is 2.05. The average Bonchev–Trinajstić information content (AvgIpc) is 2.71. The van der Waals surface area contributed by atoms with E-state index in [0.29, 0.717) is 0 Å². The van der Waals surface area contributed by atoms with E-state index in [4.69, 9.17) is 10.5 Å². The summed E-state index contributed by atoms with van der Waals surface area (Å²) in [7, 11) is 0. The van der Waals surface area contributed by atoms with Crippen LogP contribution in [0.1, 0.15) is 20.8 Å². The van der Waals surface area contributed by atoms with Crippen molar-refractivity contribution < 1.29 is 9.53 Å². The van der Waals surface area contributed by atoms with Crippen LogP contribution in [0.25, 0.3) is 10.2 Å². The first-order chi connectivity index (χ1) is 8.85. The van der Waals surface area contributed by atoms with Crippen LogP contribution in [0.4, 0.5) is 5.95 Å². The van der Waals surface area contributed by atoms with Crippen LogP contribution >= 0.6 is 23.1 Å². The van der Waals surface area contributed by atoms with E-state index < -0.39 is 5.60 Å². The number of nitrogens with zero attached hydrogens (tertiary/aromatic N) is 2. The third kappa shape index (κ3) is 3.81. The smallest absolute Gasteiger partial charge is 0.316 e. The number of hydrogen-bond donors (Lipinski definition) is 1. The number of nitrogens with two attached hydrogens (primary N) is 1. The molecular weight excluding hydrogens is 282 g/mol. The molecule has 7 heteroatoms. The molecule has 2 aromatic heterocycles. The van der Waals surface area contributed by atoms with Gasteiger partial charge in [-0.3, -0.25) is 4.79 Å². The molecule has 2 rings (SSSR count). The summed E-state index contributed by atoms with van der Waals surface area (Å²) >= 11 is 2.82. The van der Waals surface area contributed by atoms with Crippen molar-refractivity contribution in [2.24, 2.45) is 0 Å². The van der Waals surface area contributed by atoms with Gasteiger partial charge < -0.3 is 10.5 Å². The van der Waals surface area contributed by atoms with Crippen molar-refractivity contribution in [3.05, 3.63) is 11.4 Å². The van der Waals surface area contributed by atoms with Gasteiger partial charge in [0.15, 0.2) is 0 Å². The van der Waals surface area contributed by atoms with E-state index in [1.165, 1.54) is 23.1 Å². The molecule has 0 fully saturated rings. The number of carbonyl (C=O) groups excluding carboxylic acids is 1. The summed E-state index contributed by atoms with van der Waals surface area (Å²) in [5.41, 5.74) is 5.17. The first kappa shape index (κ1) is 14.1. The number of hydrogen-bond acceptors (Lipinski definition) is 7. The summed E-state index contributed by atoms with van der Waals surface area (Å²) in [4.78, 5) is 20.8. The average molecular weight is 297 g/mol. The van der Waals surface area contributed by atoms with E-state index in [0.717, 1.165) is 15.2 Å². The van der Waals surface area contributed by atoms with Gasteiger partial charge >= 0.3 is 5.97 Å². The minimum Gasteiger partial charge on any atom is -0.459 e. The summed E-state index contributed by atoms with van der Waals surface area (Å²) in [5, 5.41) is 3.57. The molecule has 0 aromatic carbocycles. The fraction of sp³-hybridized carbons (Fsp3) is 0.417. The van der Waals surface area contributed by atoms with Gasteiger partial charge in [-0.2, -0.15) is 0 Å². The number of anilines is 1. The van der Waals surface area contributed by atoms with Gasteiger partial charge in [0.05, 0.1) is 5.75 Å². The standard InChI is InChI=1S/C12H15N3O2S2/c1-12(2,3)17-8(16)6-19-10-7-4-5-18-9(7)14-11(13)15-10/h4-5H,6H2,1-3H3,(H2,13,14,15). The summed E-state index contributed by atoms with van der Waals surface area (Å²) in [6.45, 7) is 5.53. The Bertz CT molecular complexity index is 605. The normalized spacial score (nSPS) is 11.7. The third-order valence-corrected chi connectivity index (χ3v) is 3.83. The Kier molecular flexibility index (Phi) is 3.96. The quantitative estimate of drug-likeness (QED) is 0.533. The van der Waals surface area contributed by atoms with Crippen molar-refractivity contribution in [2.75, 3.05) is 11.5 Å². The molecule has 0 saturated carbocycles. The molecule has 2 heterocycles. The molecule has 0 amide bonds. The molecule has 0 bridgehead atoms. The van der Waals surface area contributed by atoms with Crippen LogP contribution in [-0.2, 0) is 9.53 Å². The number of fused-ring (bicyclic) bond motifs is 1. The molecule has 0 aliphatic rings. The zero-order valence-corrected chi connectivity index (χ0v) is 12.6. The second-order valence-electron chi connectivity index (χ2n) is 4.90. The van der Waals surface area contributed by atoms with Crippen LogP contribution in [0.2, 0.25) is 0 Å². The summed E-state index contributed by atoms with van der Waals surface area (Å²) in [6.07, 6.45) is 0. The molecule has 0 atom stereocenters. The Hall–Kier alpha value is -1.34. The number of carbonyl (C=O) groups is 1. The maximum Gasteiger partial charge on any atom is 0.316 e. The topological polar surface area (TPSA) is 78.1 Å². The molecule has 0 unspecified atom stereocenters. The molecule has 0 aliphatic heterocycles. The molecule has 0 spiro atoms. The molecule has 2 N–H and O–H groups in total. The predicted molar refractivity (Wildman–Crippen MR) is 78.4 cm³/mol. The lowest BCUT2D eigenvalue weighted by molar-refractivity contribution is -0.151. The van der Waals surface area contributed by atoms with Crippen molar-refractivity contribution in [1.29, 1.82) is 0 Å². The summed E-state index contributed by atoms with van der Waals surface area (Å²) in [5.74, 6) is 0.165. The summed E-state index contributed by atoms with van der Waals surface area (Å²) in [6, 6.07) is 1.93. The van der Waals surface area contributed by atoms with Crippen LogP contribution < -0.4 is 5.73 Å². The summed E-state index contributed by atoms with van der Waals surface area (Å²) < 4.78 is 5.25. The highest BCUT2D eigenvalue weighted by Crippen LogP contribution is 2.29. The number of thioether (sulfide) groups is 1. The number of rotatable bonds is 3. The Morgan fingerprint density at radius 3 is 2.89 bits per heavy atom. The lowest BCUT2D eigenvalue weighted by Crippen LogP contribution is -2.24. The van der Waals surface area contributed by atoms with Crippen LogP contribution in [-0.4, -0.2) is 27.3 Å². The van der Waals surface area contributed by atoms with Gasteiger partial charge in [0.2, 0.25) is 5.95 Å². The second kappa shape index (κ2) is 5.34. The highest BCUT2D eigenvalue weighted by molar-refractivity contribution is 8.00. The van der Waals surface area contributed by atoms with Gasteiger partial charge in [-0.1, -0.05) is 11.8 Å². The van der Waals surface area contributed by atoms with Gasteiger partial charge in [0.25, 0.3) is 0 Å². The van der Waals surface area contributed by atoms with E-state index in [1.54, 1.807) is 0 Å². The van der Waals surface area contributed by atoms with Crippen molar-refractivity contribution in [3.63, 3.8) is 0 Å². The lowest BCUT2D eigenvalue weighted by atomic mass is 10.2. The number of ether oxygens (including phenoxy) is 1. The van der Waals surface area contributed by atoms with Crippen molar-refractivity contribution in [3.8, 4) is 0 Å². The zero-order chi connectivity index (χ0) is 14.0. The lowest BCUT2D eigenvalue weighted by Gasteiger charge is -2.19. The maximum atomic E-state index is 11.7. The van der Waals surface area contributed by atoms with Crippen LogP contribution in [0.5, 0.6) is 0 Å². The largest absolute Gasteiger partial charge is 0.459 e. The SMILES string of the molecule is CC(C)(C)OC(=O)CSc1nc(N)nc2sccc12. The minimum atomic E-state index is -0.472. The van der Waals surface area contributed by atoms with Crippen molar-refractivity contribution in [1.82, 2.24) is 9.97 Å². The van der Waals surface area contributed by atoms with Crippen LogP contribution in [0, 0.1) is 0 Å². The first-order valence-electron chi connectivity index (χ1n) is 5.70. The molecule has 0 radical (unpaired) electrons. The highest BCUT2D eigenvalue weighted by atomic mass is 32.2. The Morgan fingerprint density at radius 1 is 1.47 bits per heavy atom. The number of aromatic nitrogens is 2. The van der Waals surface area contributed by atoms with Gasteiger partial charge in [-0.25, -0.2) is 9.97 Å². The Balaban J connectivity index is 2.09.